The maximum absolute atomic E-state index is 12.0. The summed E-state index contributed by atoms with van der Waals surface area (Å²) in [5.41, 5.74) is 2.62. The average Bonchev–Trinajstić information content (AvgIpc) is 2.45. The molecule has 3 nitrogen and oxygen atoms in total. The lowest BCUT2D eigenvalue weighted by molar-refractivity contribution is 0.651. The summed E-state index contributed by atoms with van der Waals surface area (Å²) in [6.07, 6.45) is 3.27. The van der Waals surface area contributed by atoms with Crippen LogP contribution in [0.1, 0.15) is 26.5 Å². The monoisotopic (exact) mass is 320 g/mol. The summed E-state index contributed by atoms with van der Waals surface area (Å²) in [5.74, 6) is 0. The van der Waals surface area contributed by atoms with Crippen LogP contribution in [0.25, 0.3) is 11.1 Å². The molecule has 21 heavy (non-hydrogen) atoms. The topological polar surface area (TPSA) is 42.3 Å². The van der Waals surface area contributed by atoms with Gasteiger partial charge in [0.05, 0.1) is 16.7 Å². The summed E-state index contributed by atoms with van der Waals surface area (Å²) < 4.78 is 15.7. The minimum Gasteiger partial charge on any atom is -0.255 e. The quantitative estimate of drug-likeness (QED) is 0.792. The molecule has 110 valence electrons. The second-order valence-corrected chi connectivity index (χ2v) is 7.91. The molecule has 2 aromatic rings. The third-order valence-electron chi connectivity index (χ3n) is 2.79. The van der Waals surface area contributed by atoms with E-state index in [2.05, 4.69) is 9.38 Å². The molecular weight excluding hydrogens is 304 g/mol. The number of hydrogen-bond acceptors (Lipinski definition) is 2. The molecule has 0 aliphatic rings. The Morgan fingerprint density at radius 1 is 1.19 bits per heavy atom. The fourth-order valence-electron chi connectivity index (χ4n) is 1.65. The van der Waals surface area contributed by atoms with Crippen LogP contribution < -0.4 is 0 Å². The van der Waals surface area contributed by atoms with Crippen molar-refractivity contribution in [3.05, 3.63) is 53.3 Å². The average molecular weight is 321 g/mol. The van der Waals surface area contributed by atoms with Crippen molar-refractivity contribution in [1.29, 1.82) is 0 Å². The van der Waals surface area contributed by atoms with E-state index >= 15 is 0 Å². The largest absolute Gasteiger partial charge is 0.255 e. The van der Waals surface area contributed by atoms with Gasteiger partial charge in [-0.25, -0.2) is 4.21 Å². The molecular formula is C16H17ClN2OS. The van der Waals surface area contributed by atoms with Gasteiger partial charge in [0, 0.05) is 16.8 Å². The maximum Gasteiger partial charge on any atom is 0.144 e. The predicted molar refractivity (Wildman–Crippen MR) is 90.2 cm³/mol. The predicted octanol–water partition coefficient (Wildman–Crippen LogP) is 4.28. The Morgan fingerprint density at radius 3 is 2.48 bits per heavy atom. The molecule has 0 amide bonds. The number of rotatable bonds is 3. The molecule has 0 aliphatic carbocycles. The van der Waals surface area contributed by atoms with E-state index in [1.165, 1.54) is 0 Å². The van der Waals surface area contributed by atoms with Crippen LogP contribution in [-0.2, 0) is 11.0 Å². The van der Waals surface area contributed by atoms with Gasteiger partial charge in [0.1, 0.15) is 11.0 Å². The van der Waals surface area contributed by atoms with Crippen molar-refractivity contribution in [3.8, 4) is 11.1 Å². The Morgan fingerprint density at radius 2 is 1.86 bits per heavy atom. The molecule has 0 unspecified atom stereocenters. The van der Waals surface area contributed by atoms with Crippen LogP contribution in [0.15, 0.2) is 47.0 Å². The number of benzene rings is 1. The van der Waals surface area contributed by atoms with E-state index < -0.39 is 11.0 Å². The van der Waals surface area contributed by atoms with Crippen molar-refractivity contribution < 1.29 is 4.21 Å². The molecule has 0 aliphatic heterocycles. The van der Waals surface area contributed by atoms with Crippen LogP contribution in [0.4, 0.5) is 0 Å². The van der Waals surface area contributed by atoms with Crippen molar-refractivity contribution in [1.82, 2.24) is 4.98 Å². The van der Waals surface area contributed by atoms with Crippen molar-refractivity contribution in [2.24, 2.45) is 4.40 Å². The first-order valence-corrected chi connectivity index (χ1v) is 8.03. The minimum atomic E-state index is -1.30. The van der Waals surface area contributed by atoms with E-state index in [9.17, 15) is 4.21 Å². The standard InChI is InChI=1S/C16H17ClN2OS/c1-16(2,3)21(20)19-11-15-14(5-4-10-18-15)12-6-8-13(17)9-7-12/h4-11H,1-3H3/t21-/m0/s1. The molecule has 0 spiro atoms. The van der Waals surface area contributed by atoms with E-state index in [4.69, 9.17) is 11.6 Å². The lowest BCUT2D eigenvalue weighted by atomic mass is 10.0. The highest BCUT2D eigenvalue weighted by molar-refractivity contribution is 7.85. The fourth-order valence-corrected chi connectivity index (χ4v) is 2.29. The highest BCUT2D eigenvalue weighted by Gasteiger charge is 2.18. The molecule has 1 atom stereocenters. The smallest absolute Gasteiger partial charge is 0.144 e. The molecule has 0 N–H and O–H groups in total. The van der Waals surface area contributed by atoms with Crippen LogP contribution in [0.5, 0.6) is 0 Å². The van der Waals surface area contributed by atoms with Crippen molar-refractivity contribution >= 4 is 28.8 Å². The number of hydrogen-bond donors (Lipinski definition) is 0. The van der Waals surface area contributed by atoms with Gasteiger partial charge in [-0.3, -0.25) is 4.98 Å². The highest BCUT2D eigenvalue weighted by Crippen LogP contribution is 2.23. The van der Waals surface area contributed by atoms with E-state index in [0.717, 1.165) is 11.1 Å². The highest BCUT2D eigenvalue weighted by atomic mass is 35.5. The van der Waals surface area contributed by atoms with Crippen LogP contribution in [-0.4, -0.2) is 20.2 Å². The molecule has 1 aromatic carbocycles. The van der Waals surface area contributed by atoms with E-state index in [1.54, 1.807) is 12.4 Å². The molecule has 0 fully saturated rings. The molecule has 0 bridgehead atoms. The number of nitrogens with zero attached hydrogens (tertiary/aromatic N) is 2. The molecule has 2 rings (SSSR count). The first-order valence-electron chi connectivity index (χ1n) is 6.55. The Balaban J connectivity index is 2.36. The second-order valence-electron chi connectivity index (χ2n) is 5.54. The van der Waals surface area contributed by atoms with Gasteiger partial charge in [0.15, 0.2) is 0 Å². The molecule has 5 heteroatoms. The molecule has 1 heterocycles. The summed E-state index contributed by atoms with van der Waals surface area (Å²) in [6.45, 7) is 5.66. The first kappa shape index (κ1) is 15.9. The Bertz CT molecular complexity index is 675. The van der Waals surface area contributed by atoms with Crippen molar-refractivity contribution in [2.75, 3.05) is 0 Å². The third-order valence-corrected chi connectivity index (χ3v) is 4.38. The zero-order valence-electron chi connectivity index (χ0n) is 12.2. The van der Waals surface area contributed by atoms with Gasteiger partial charge in [-0.05, 0) is 44.5 Å². The number of aromatic nitrogens is 1. The van der Waals surface area contributed by atoms with Gasteiger partial charge in [-0.1, -0.05) is 29.8 Å². The maximum atomic E-state index is 12.0. The third kappa shape index (κ3) is 4.22. The molecule has 1 aromatic heterocycles. The molecule has 0 radical (unpaired) electrons. The van der Waals surface area contributed by atoms with Gasteiger partial charge in [-0.15, -0.1) is 0 Å². The number of halogens is 1. The van der Waals surface area contributed by atoms with Crippen LogP contribution in [0.2, 0.25) is 5.02 Å². The lowest BCUT2D eigenvalue weighted by Crippen LogP contribution is -2.19. The molecule has 0 saturated carbocycles. The van der Waals surface area contributed by atoms with Crippen LogP contribution >= 0.6 is 11.6 Å². The van der Waals surface area contributed by atoms with Crippen molar-refractivity contribution in [2.45, 2.75) is 25.5 Å². The van der Waals surface area contributed by atoms with Gasteiger partial charge in [0.25, 0.3) is 0 Å². The van der Waals surface area contributed by atoms with Gasteiger partial charge >= 0.3 is 0 Å². The summed E-state index contributed by atoms with van der Waals surface area (Å²) >= 11 is 5.91. The Hall–Kier alpha value is -1.52. The fraction of sp³-hybridized carbons (Fsp3) is 0.250. The lowest BCUT2D eigenvalue weighted by Gasteiger charge is -2.13. The minimum absolute atomic E-state index is 0.383. The van der Waals surface area contributed by atoms with Gasteiger partial charge < -0.3 is 0 Å². The van der Waals surface area contributed by atoms with Gasteiger partial charge in [0.2, 0.25) is 0 Å². The summed E-state index contributed by atoms with van der Waals surface area (Å²) in [5, 5.41) is 0.687. The summed E-state index contributed by atoms with van der Waals surface area (Å²) in [4.78, 5) is 4.31. The second kappa shape index (κ2) is 6.50. The zero-order chi connectivity index (χ0) is 15.5. The molecule has 0 saturated heterocycles. The SMILES string of the molecule is CC(C)(C)[S@](=O)N=Cc1ncccc1-c1ccc(Cl)cc1. The Labute approximate surface area is 132 Å². The van der Waals surface area contributed by atoms with Crippen molar-refractivity contribution in [3.63, 3.8) is 0 Å². The van der Waals surface area contributed by atoms with E-state index in [0.29, 0.717) is 10.7 Å². The first-order chi connectivity index (χ1) is 9.88. The number of pyridine rings is 1. The summed E-state index contributed by atoms with van der Waals surface area (Å²) in [6, 6.07) is 11.3. The Kier molecular flexibility index (Phi) is 4.91. The van der Waals surface area contributed by atoms with Crippen LogP contribution in [0, 0.1) is 0 Å². The summed E-state index contributed by atoms with van der Waals surface area (Å²) in [7, 11) is -1.30. The van der Waals surface area contributed by atoms with Crippen LogP contribution in [0.3, 0.4) is 0 Å². The normalized spacial score (nSPS) is 13.5. The van der Waals surface area contributed by atoms with Gasteiger partial charge in [-0.2, -0.15) is 4.40 Å². The zero-order valence-corrected chi connectivity index (χ0v) is 13.8. The van der Waals surface area contributed by atoms with E-state index in [1.807, 2.05) is 57.2 Å². The van der Waals surface area contributed by atoms with E-state index in [-0.39, 0.29) is 4.75 Å².